The predicted molar refractivity (Wildman–Crippen MR) is 258 cm³/mol. The van der Waals surface area contributed by atoms with Crippen molar-refractivity contribution in [3.05, 3.63) is 119 Å². The molecule has 3 amide bonds. The monoisotopic (exact) mass is 955 g/mol. The summed E-state index contributed by atoms with van der Waals surface area (Å²) >= 11 is 1.58. The molecular formula is C51H57N9O8S. The van der Waals surface area contributed by atoms with Crippen molar-refractivity contribution in [3.8, 4) is 39.1 Å². The molecule has 0 aliphatic carbocycles. The number of phenols is 1. The molecule has 0 saturated carbocycles. The molecule has 0 radical (unpaired) electrons. The number of aromatic nitrogens is 4. The summed E-state index contributed by atoms with van der Waals surface area (Å²) in [5.41, 5.74) is 13.4. The zero-order valence-corrected chi connectivity index (χ0v) is 39.8. The average molecular weight is 956 g/mol. The minimum atomic E-state index is -0.848. The van der Waals surface area contributed by atoms with E-state index >= 15 is 0 Å². The molecule has 3 aliphatic rings. The summed E-state index contributed by atoms with van der Waals surface area (Å²) in [5.74, 6) is -0.00919. The van der Waals surface area contributed by atoms with Gasteiger partial charge < -0.3 is 45.1 Å². The molecule has 2 unspecified atom stereocenters. The van der Waals surface area contributed by atoms with Crippen molar-refractivity contribution in [2.75, 3.05) is 51.7 Å². The van der Waals surface area contributed by atoms with Gasteiger partial charge in [0.25, 0.3) is 11.8 Å². The Morgan fingerprint density at radius 2 is 1.71 bits per heavy atom. The number of thiazole rings is 1. The lowest BCUT2D eigenvalue weighted by molar-refractivity contribution is -0.141. The number of rotatable bonds is 17. The van der Waals surface area contributed by atoms with Gasteiger partial charge in [0.1, 0.15) is 30.0 Å². The van der Waals surface area contributed by atoms with Gasteiger partial charge in [-0.3, -0.25) is 19.3 Å². The number of para-hydroxylation sites is 1. The molecular weight excluding hydrogens is 899 g/mol. The summed E-state index contributed by atoms with van der Waals surface area (Å²) in [5, 5.41) is 36.2. The highest BCUT2D eigenvalue weighted by molar-refractivity contribution is 7.13. The number of nitrogens with two attached hydrogens (primary N) is 1. The highest BCUT2D eigenvalue weighted by Gasteiger charge is 2.48. The van der Waals surface area contributed by atoms with Crippen molar-refractivity contribution < 1.29 is 38.6 Å². The van der Waals surface area contributed by atoms with Crippen LogP contribution in [0.15, 0.2) is 95.0 Å². The summed E-state index contributed by atoms with van der Waals surface area (Å²) in [6, 6.07) is 24.7. The van der Waals surface area contributed by atoms with Crippen molar-refractivity contribution in [3.63, 3.8) is 0 Å². The van der Waals surface area contributed by atoms with E-state index in [1.165, 1.54) is 4.90 Å². The van der Waals surface area contributed by atoms with Gasteiger partial charge in [-0.25, -0.2) is 4.98 Å². The number of aryl methyl sites for hydroxylation is 1. The first-order chi connectivity index (χ1) is 33.3. The summed E-state index contributed by atoms with van der Waals surface area (Å²) < 4.78 is 17.7. The number of anilines is 1. The molecule has 0 spiro atoms. The molecule has 360 valence electrons. The van der Waals surface area contributed by atoms with Crippen LogP contribution in [0.25, 0.3) is 21.7 Å². The molecule has 5 N–H and O–H groups in total. The Balaban J connectivity index is 0.727. The molecule has 3 aromatic heterocycles. The van der Waals surface area contributed by atoms with Crippen molar-refractivity contribution >= 4 is 34.9 Å². The summed E-state index contributed by atoms with van der Waals surface area (Å²) in [4.78, 5) is 52.7. The van der Waals surface area contributed by atoms with Crippen LogP contribution >= 0.6 is 11.3 Å². The number of hydrogen-bond donors (Lipinski definition) is 4. The van der Waals surface area contributed by atoms with Crippen LogP contribution in [0.1, 0.15) is 72.1 Å². The van der Waals surface area contributed by atoms with Crippen molar-refractivity contribution in [2.45, 2.75) is 70.7 Å². The lowest BCUT2D eigenvalue weighted by Crippen LogP contribution is -2.58. The molecule has 3 aromatic carbocycles. The van der Waals surface area contributed by atoms with Gasteiger partial charge in [-0.2, -0.15) is 0 Å². The molecule has 6 atom stereocenters. The standard InChI is InChI=1S/C51H57N9O8S/c1-29(2)46(51(65)60-26-37(61)21-40(60)49(63)54-30(3)33-13-15-34(16-14-33)47-31(4)53-28-69-47)43-23-45(57-68-43)67-20-18-58-24-36-25-59(41(36)27-58)50(64)35-11-9-32(10-12-35)17-19-66-44-22-39(55-56-48(44)52)38-7-5-6-8-42(38)62/h5-16,22-23,28-30,36-37,40-41,46,61-62H,17-21,24-27H2,1-4H3,(H2,52,56)(H,54,63)/t30-,36?,37+,40-,41?,46+/m0/s1. The Kier molecular flexibility index (Phi) is 13.9. The topological polar surface area (TPSA) is 223 Å². The first-order valence-corrected chi connectivity index (χ1v) is 24.2. The van der Waals surface area contributed by atoms with Crippen LogP contribution in [0, 0.1) is 18.8 Å². The van der Waals surface area contributed by atoms with Gasteiger partial charge in [-0.05, 0) is 65.9 Å². The van der Waals surface area contributed by atoms with Crippen LogP contribution in [0.5, 0.6) is 17.4 Å². The number of benzene rings is 3. The number of nitrogens with zero attached hydrogens (tertiary/aromatic N) is 7. The number of β-amino-alcohol motifs (C(OH)–C–C–N with tert-alkyl or cyclic N) is 1. The number of carbonyl (C=O) groups excluding carboxylic acids is 3. The number of aliphatic hydroxyl groups excluding tert-OH is 1. The number of ether oxygens (including phenoxy) is 2. The number of nitrogens with one attached hydrogen (secondary N) is 1. The van der Waals surface area contributed by atoms with Crippen LogP contribution in [0.2, 0.25) is 0 Å². The highest BCUT2D eigenvalue weighted by Crippen LogP contribution is 2.36. The lowest BCUT2D eigenvalue weighted by Gasteiger charge is -2.43. The normalized spacial score (nSPS) is 19.8. The van der Waals surface area contributed by atoms with Crippen LogP contribution in [0.3, 0.4) is 0 Å². The van der Waals surface area contributed by atoms with Crippen LogP contribution in [-0.2, 0) is 16.0 Å². The van der Waals surface area contributed by atoms with Gasteiger partial charge in [0, 0.05) is 74.7 Å². The molecule has 0 bridgehead atoms. The maximum Gasteiger partial charge on any atom is 0.254 e. The summed E-state index contributed by atoms with van der Waals surface area (Å²) in [7, 11) is 0. The molecule has 6 aromatic rings. The number of amides is 3. The Labute approximate surface area is 404 Å². The maximum absolute atomic E-state index is 14.2. The zero-order chi connectivity index (χ0) is 48.3. The lowest BCUT2D eigenvalue weighted by atomic mass is 9.91. The number of fused-ring (bicyclic) bond motifs is 1. The van der Waals surface area contributed by atoms with Crippen molar-refractivity contribution in [1.29, 1.82) is 0 Å². The average Bonchev–Trinajstić information content (AvgIpc) is 4.14. The van der Waals surface area contributed by atoms with Gasteiger partial charge in [-0.15, -0.1) is 21.5 Å². The Morgan fingerprint density at radius 1 is 0.928 bits per heavy atom. The van der Waals surface area contributed by atoms with E-state index in [0.717, 1.165) is 40.4 Å². The van der Waals surface area contributed by atoms with E-state index in [9.17, 15) is 24.6 Å². The Bertz CT molecular complexity index is 2780. The fourth-order valence-corrected chi connectivity index (χ4v) is 10.4. The SMILES string of the molecule is Cc1ncsc1-c1ccc([C@H](C)NC(=O)[C@@H]2C[C@@H](O)CN2C(=O)[C@@H](c2cc(OCCN3CC4CN(C(=O)c5ccc(CCOc6cc(-c7ccccc7O)nnc6N)cc5)C4C3)no2)C(C)C)cc1. The van der Waals surface area contributed by atoms with Crippen molar-refractivity contribution in [1.82, 2.24) is 40.4 Å². The minimum Gasteiger partial charge on any atom is -0.507 e. The first kappa shape index (κ1) is 47.2. The molecule has 3 saturated heterocycles. The fraction of sp³-hybridized carbons (Fsp3) is 0.392. The van der Waals surface area contributed by atoms with Crippen LogP contribution in [0.4, 0.5) is 5.82 Å². The van der Waals surface area contributed by atoms with Crippen LogP contribution < -0.4 is 20.5 Å². The minimum absolute atomic E-state index is 0.00275. The molecule has 3 fully saturated rings. The smallest absolute Gasteiger partial charge is 0.254 e. The van der Waals surface area contributed by atoms with E-state index < -0.39 is 18.1 Å². The molecule has 18 heteroatoms. The maximum atomic E-state index is 14.2. The quantitative estimate of drug-likeness (QED) is 0.0838. The molecule has 69 heavy (non-hydrogen) atoms. The first-order valence-electron chi connectivity index (χ1n) is 23.4. The number of nitrogen functional groups attached to an aromatic ring is 1. The van der Waals surface area contributed by atoms with E-state index in [-0.39, 0.29) is 66.1 Å². The number of aromatic hydroxyl groups is 1. The largest absolute Gasteiger partial charge is 0.507 e. The third-order valence-electron chi connectivity index (χ3n) is 13.4. The second kappa shape index (κ2) is 20.4. The third-order valence-corrected chi connectivity index (χ3v) is 14.4. The number of hydrogen-bond acceptors (Lipinski definition) is 15. The van der Waals surface area contributed by atoms with E-state index in [4.69, 9.17) is 19.7 Å². The Hall–Kier alpha value is -6.89. The van der Waals surface area contributed by atoms with Crippen LogP contribution in [-0.4, -0.2) is 127 Å². The van der Waals surface area contributed by atoms with Gasteiger partial charge in [-0.1, -0.05) is 62.4 Å². The second-order valence-electron chi connectivity index (χ2n) is 18.5. The van der Waals surface area contributed by atoms with Gasteiger partial charge in [0.15, 0.2) is 17.3 Å². The molecule has 17 nitrogen and oxygen atoms in total. The van der Waals surface area contributed by atoms with Gasteiger partial charge in [0.2, 0.25) is 11.8 Å². The second-order valence-corrected chi connectivity index (χ2v) is 19.3. The van der Waals surface area contributed by atoms with Crippen molar-refractivity contribution in [2.24, 2.45) is 11.8 Å². The number of carbonyl (C=O) groups is 3. The zero-order valence-electron chi connectivity index (χ0n) is 39.0. The molecule has 9 rings (SSSR count). The van der Waals surface area contributed by atoms with E-state index in [0.29, 0.717) is 67.0 Å². The van der Waals surface area contributed by atoms with Gasteiger partial charge >= 0.3 is 0 Å². The predicted octanol–water partition coefficient (Wildman–Crippen LogP) is 5.89. The van der Waals surface area contributed by atoms with E-state index in [1.807, 2.05) is 86.6 Å². The van der Waals surface area contributed by atoms with Gasteiger partial charge in [0.05, 0.1) is 40.9 Å². The highest BCUT2D eigenvalue weighted by atomic mass is 32.1. The molecule has 3 aliphatic heterocycles. The number of likely N-dealkylation sites (tertiary alicyclic amines) is 3. The van der Waals surface area contributed by atoms with E-state index in [1.54, 1.807) is 47.7 Å². The van der Waals surface area contributed by atoms with E-state index in [2.05, 4.69) is 30.6 Å². The third kappa shape index (κ3) is 10.3. The number of phenolic OH excluding ortho intramolecular Hbond substituents is 1. The molecule has 6 heterocycles. The number of aliphatic hydroxyl groups is 1. The Morgan fingerprint density at radius 3 is 2.45 bits per heavy atom. The fourth-order valence-electron chi connectivity index (χ4n) is 9.60. The summed E-state index contributed by atoms with van der Waals surface area (Å²) in [6.45, 7) is 11.3. The summed E-state index contributed by atoms with van der Waals surface area (Å²) in [6.07, 6.45) is -0.131.